The molecule has 0 unspecified atom stereocenters. The Morgan fingerprint density at radius 3 is 2.74 bits per heavy atom. The van der Waals surface area contributed by atoms with Gasteiger partial charge in [0.05, 0.1) is 0 Å². The SMILES string of the molecule is O=C(/C=C/c1ccc2c(c1)OCO2)OCC(=O)N1CCCCC1. The normalized spacial score (nSPS) is 16.6. The highest BCUT2D eigenvalue weighted by Crippen LogP contribution is 2.32. The van der Waals surface area contributed by atoms with Crippen LogP contribution in [0, 0.1) is 0 Å². The summed E-state index contributed by atoms with van der Waals surface area (Å²) in [6.07, 6.45) is 6.12. The van der Waals surface area contributed by atoms with Crippen molar-refractivity contribution in [3.8, 4) is 11.5 Å². The molecule has 1 aromatic carbocycles. The van der Waals surface area contributed by atoms with Crippen LogP contribution in [0.3, 0.4) is 0 Å². The van der Waals surface area contributed by atoms with E-state index in [1.807, 2.05) is 6.07 Å². The van der Waals surface area contributed by atoms with E-state index in [-0.39, 0.29) is 19.3 Å². The Kier molecular flexibility index (Phi) is 4.80. The van der Waals surface area contributed by atoms with Crippen LogP contribution in [0.2, 0.25) is 0 Å². The number of fused-ring (bicyclic) bond motifs is 1. The van der Waals surface area contributed by atoms with Crippen molar-refractivity contribution in [2.24, 2.45) is 0 Å². The molecule has 0 N–H and O–H groups in total. The molecule has 23 heavy (non-hydrogen) atoms. The molecule has 0 saturated carbocycles. The first kappa shape index (κ1) is 15.4. The number of amides is 1. The molecule has 2 heterocycles. The Morgan fingerprint density at radius 1 is 1.13 bits per heavy atom. The fraction of sp³-hybridized carbons (Fsp3) is 0.412. The van der Waals surface area contributed by atoms with Crippen molar-refractivity contribution in [2.45, 2.75) is 19.3 Å². The highest BCUT2D eigenvalue weighted by molar-refractivity contribution is 5.89. The number of benzene rings is 1. The second-order valence-corrected chi connectivity index (χ2v) is 5.50. The van der Waals surface area contributed by atoms with Crippen LogP contribution in [-0.2, 0) is 14.3 Å². The van der Waals surface area contributed by atoms with Gasteiger partial charge in [0.15, 0.2) is 18.1 Å². The summed E-state index contributed by atoms with van der Waals surface area (Å²) in [5.74, 6) is 0.681. The van der Waals surface area contributed by atoms with E-state index in [0.29, 0.717) is 11.5 Å². The standard InChI is InChI=1S/C17H19NO5/c19-16(18-8-2-1-3-9-18)11-21-17(20)7-5-13-4-6-14-15(10-13)23-12-22-14/h4-7,10H,1-3,8-9,11-12H2/b7-5+. The number of hydrogen-bond acceptors (Lipinski definition) is 5. The van der Waals surface area contributed by atoms with Gasteiger partial charge in [-0.3, -0.25) is 4.79 Å². The van der Waals surface area contributed by atoms with Gasteiger partial charge in [0, 0.05) is 19.2 Å². The number of piperidine rings is 1. The van der Waals surface area contributed by atoms with Crippen LogP contribution in [0.15, 0.2) is 24.3 Å². The van der Waals surface area contributed by atoms with E-state index in [9.17, 15) is 9.59 Å². The molecule has 0 atom stereocenters. The molecule has 0 radical (unpaired) electrons. The largest absolute Gasteiger partial charge is 0.454 e. The molecule has 1 fully saturated rings. The van der Waals surface area contributed by atoms with Gasteiger partial charge in [-0.05, 0) is 43.0 Å². The van der Waals surface area contributed by atoms with Gasteiger partial charge in [-0.1, -0.05) is 6.07 Å². The summed E-state index contributed by atoms with van der Waals surface area (Å²) in [5, 5.41) is 0. The number of nitrogens with zero attached hydrogens (tertiary/aromatic N) is 1. The Balaban J connectivity index is 1.48. The first-order chi connectivity index (χ1) is 11.2. The summed E-state index contributed by atoms with van der Waals surface area (Å²) in [5.41, 5.74) is 0.800. The molecule has 2 aliphatic heterocycles. The molecular formula is C17H19NO5. The molecule has 0 aliphatic carbocycles. The average Bonchev–Trinajstić information content (AvgIpc) is 3.06. The van der Waals surface area contributed by atoms with Crippen molar-refractivity contribution < 1.29 is 23.8 Å². The predicted molar refractivity (Wildman–Crippen MR) is 83.0 cm³/mol. The molecule has 6 nitrogen and oxygen atoms in total. The summed E-state index contributed by atoms with van der Waals surface area (Å²) in [4.78, 5) is 25.3. The number of esters is 1. The van der Waals surface area contributed by atoms with Gasteiger partial charge in [-0.2, -0.15) is 0 Å². The van der Waals surface area contributed by atoms with E-state index in [2.05, 4.69) is 0 Å². The van der Waals surface area contributed by atoms with Gasteiger partial charge >= 0.3 is 5.97 Å². The lowest BCUT2D eigenvalue weighted by Crippen LogP contribution is -2.38. The molecular weight excluding hydrogens is 298 g/mol. The predicted octanol–water partition coefficient (Wildman–Crippen LogP) is 1.98. The Bertz CT molecular complexity index is 619. The van der Waals surface area contributed by atoms with Crippen LogP contribution in [0.25, 0.3) is 6.08 Å². The highest BCUT2D eigenvalue weighted by atomic mass is 16.7. The van der Waals surface area contributed by atoms with Crippen LogP contribution in [0.1, 0.15) is 24.8 Å². The number of likely N-dealkylation sites (tertiary alicyclic amines) is 1. The zero-order valence-corrected chi connectivity index (χ0v) is 12.8. The quantitative estimate of drug-likeness (QED) is 0.627. The molecule has 0 bridgehead atoms. The smallest absolute Gasteiger partial charge is 0.331 e. The maximum Gasteiger partial charge on any atom is 0.331 e. The third-order valence-corrected chi connectivity index (χ3v) is 3.86. The monoisotopic (exact) mass is 317 g/mol. The molecule has 2 aliphatic rings. The van der Waals surface area contributed by atoms with Crippen molar-refractivity contribution in [2.75, 3.05) is 26.5 Å². The van der Waals surface area contributed by atoms with Crippen LogP contribution >= 0.6 is 0 Å². The van der Waals surface area contributed by atoms with Crippen LogP contribution in [0.4, 0.5) is 0 Å². The van der Waals surface area contributed by atoms with Crippen molar-refractivity contribution >= 4 is 18.0 Å². The van der Waals surface area contributed by atoms with Crippen LogP contribution < -0.4 is 9.47 Å². The molecule has 1 aromatic rings. The summed E-state index contributed by atoms with van der Waals surface area (Å²) >= 11 is 0. The maximum absolute atomic E-state index is 11.9. The van der Waals surface area contributed by atoms with Gasteiger partial charge in [-0.15, -0.1) is 0 Å². The minimum absolute atomic E-state index is 0.130. The maximum atomic E-state index is 11.9. The van der Waals surface area contributed by atoms with E-state index < -0.39 is 5.97 Å². The number of carbonyl (C=O) groups is 2. The fourth-order valence-electron chi connectivity index (χ4n) is 2.60. The topological polar surface area (TPSA) is 65.1 Å². The lowest BCUT2D eigenvalue weighted by molar-refractivity contribution is -0.148. The van der Waals surface area contributed by atoms with Crippen molar-refractivity contribution in [3.05, 3.63) is 29.8 Å². The van der Waals surface area contributed by atoms with Gasteiger partial charge in [0.2, 0.25) is 6.79 Å². The van der Waals surface area contributed by atoms with Gasteiger partial charge in [-0.25, -0.2) is 4.79 Å². The van der Waals surface area contributed by atoms with Crippen molar-refractivity contribution in [3.63, 3.8) is 0 Å². The molecule has 6 heteroatoms. The first-order valence-electron chi connectivity index (χ1n) is 7.74. The molecule has 1 amide bonds. The molecule has 1 saturated heterocycles. The minimum Gasteiger partial charge on any atom is -0.454 e. The molecule has 0 spiro atoms. The van der Waals surface area contributed by atoms with Crippen molar-refractivity contribution in [1.82, 2.24) is 4.90 Å². The highest BCUT2D eigenvalue weighted by Gasteiger charge is 2.17. The fourth-order valence-corrected chi connectivity index (χ4v) is 2.60. The Hall–Kier alpha value is -2.50. The Labute approximate surface area is 134 Å². The zero-order chi connectivity index (χ0) is 16.1. The van der Waals surface area contributed by atoms with Gasteiger partial charge in [0.1, 0.15) is 0 Å². The zero-order valence-electron chi connectivity index (χ0n) is 12.8. The van der Waals surface area contributed by atoms with Gasteiger partial charge < -0.3 is 19.1 Å². The van der Waals surface area contributed by atoms with E-state index in [1.54, 1.807) is 23.1 Å². The number of ether oxygens (including phenoxy) is 3. The van der Waals surface area contributed by atoms with Gasteiger partial charge in [0.25, 0.3) is 5.91 Å². The second kappa shape index (κ2) is 7.17. The summed E-state index contributed by atoms with van der Waals surface area (Å²) in [7, 11) is 0. The number of rotatable bonds is 4. The summed E-state index contributed by atoms with van der Waals surface area (Å²) < 4.78 is 15.5. The lowest BCUT2D eigenvalue weighted by Gasteiger charge is -2.26. The number of carbonyl (C=O) groups excluding carboxylic acids is 2. The summed E-state index contributed by atoms with van der Waals surface area (Å²) in [6, 6.07) is 5.38. The van der Waals surface area contributed by atoms with Crippen molar-refractivity contribution in [1.29, 1.82) is 0 Å². The third-order valence-electron chi connectivity index (χ3n) is 3.86. The van der Waals surface area contributed by atoms with Crippen LogP contribution in [-0.4, -0.2) is 43.3 Å². The second-order valence-electron chi connectivity index (χ2n) is 5.50. The van der Waals surface area contributed by atoms with Crippen LogP contribution in [0.5, 0.6) is 11.5 Å². The van der Waals surface area contributed by atoms with E-state index >= 15 is 0 Å². The number of hydrogen-bond donors (Lipinski definition) is 0. The third kappa shape index (κ3) is 4.03. The Morgan fingerprint density at radius 2 is 1.91 bits per heavy atom. The lowest BCUT2D eigenvalue weighted by atomic mass is 10.1. The summed E-state index contributed by atoms with van der Waals surface area (Å²) in [6.45, 7) is 1.51. The minimum atomic E-state index is -0.534. The van der Waals surface area contributed by atoms with E-state index in [0.717, 1.165) is 37.9 Å². The molecule has 3 rings (SSSR count). The van der Waals surface area contributed by atoms with E-state index in [4.69, 9.17) is 14.2 Å². The average molecular weight is 317 g/mol. The van der Waals surface area contributed by atoms with E-state index in [1.165, 1.54) is 6.08 Å². The first-order valence-corrected chi connectivity index (χ1v) is 7.74. The molecule has 122 valence electrons. The molecule has 0 aromatic heterocycles.